The van der Waals surface area contributed by atoms with E-state index in [9.17, 15) is 4.79 Å². The fourth-order valence-corrected chi connectivity index (χ4v) is 1.57. The van der Waals surface area contributed by atoms with Crippen LogP contribution in [0.3, 0.4) is 0 Å². The van der Waals surface area contributed by atoms with E-state index >= 15 is 0 Å². The number of nitrogens with one attached hydrogen (secondary N) is 2. The lowest BCUT2D eigenvalue weighted by atomic mass is 10.2. The first-order valence-electron chi connectivity index (χ1n) is 5.69. The van der Waals surface area contributed by atoms with Gasteiger partial charge in [-0.15, -0.1) is 0 Å². The molecule has 0 unspecified atom stereocenters. The van der Waals surface area contributed by atoms with Crippen LogP contribution in [0.2, 0.25) is 0 Å². The van der Waals surface area contributed by atoms with E-state index in [1.165, 1.54) is 6.92 Å². The summed E-state index contributed by atoms with van der Waals surface area (Å²) in [5.74, 6) is 0.398. The quantitative estimate of drug-likeness (QED) is 0.880. The maximum atomic E-state index is 10.9. The smallest absolute Gasteiger partial charge is 0.221 e. The molecule has 0 radical (unpaired) electrons. The Kier molecular flexibility index (Phi) is 3.74. The van der Waals surface area contributed by atoms with Crippen molar-refractivity contribution >= 4 is 23.1 Å². The molecular formula is C14H12N4O. The predicted octanol–water partition coefficient (Wildman–Crippen LogP) is 2.66. The number of anilines is 3. The first-order chi connectivity index (χ1) is 9.19. The number of carbonyl (C=O) groups excluding carboxylic acids is 1. The number of amides is 1. The molecule has 0 atom stereocenters. The van der Waals surface area contributed by atoms with Gasteiger partial charge in [-0.25, -0.2) is 4.98 Å². The minimum absolute atomic E-state index is 0.114. The Morgan fingerprint density at radius 3 is 2.53 bits per heavy atom. The van der Waals surface area contributed by atoms with E-state index in [1.807, 2.05) is 0 Å². The van der Waals surface area contributed by atoms with Gasteiger partial charge in [0, 0.05) is 24.5 Å². The maximum absolute atomic E-state index is 10.9. The van der Waals surface area contributed by atoms with E-state index in [4.69, 9.17) is 5.26 Å². The number of aromatic nitrogens is 1. The summed E-state index contributed by atoms with van der Waals surface area (Å²) in [4.78, 5) is 15.0. The molecule has 94 valence electrons. The van der Waals surface area contributed by atoms with Crippen LogP contribution in [0.5, 0.6) is 0 Å². The molecule has 0 bridgehead atoms. The van der Waals surface area contributed by atoms with E-state index in [0.717, 1.165) is 11.4 Å². The zero-order valence-corrected chi connectivity index (χ0v) is 10.3. The zero-order chi connectivity index (χ0) is 13.7. The molecule has 0 aliphatic rings. The summed E-state index contributed by atoms with van der Waals surface area (Å²) in [6.45, 7) is 1.46. The second kappa shape index (κ2) is 5.65. The van der Waals surface area contributed by atoms with Crippen molar-refractivity contribution in [1.82, 2.24) is 4.98 Å². The standard InChI is InChI=1S/C14H12N4O/c1-10(19)17-12-4-6-13(7-5-12)18-14-11(9-15)3-2-8-16-14/h2-8H,1H3,(H,16,18)(H,17,19). The molecule has 1 aromatic carbocycles. The molecule has 1 amide bonds. The van der Waals surface area contributed by atoms with Gasteiger partial charge in [0.25, 0.3) is 0 Å². The van der Waals surface area contributed by atoms with Gasteiger partial charge in [0.05, 0.1) is 5.56 Å². The molecule has 5 heteroatoms. The Bertz CT molecular complexity index is 629. The Labute approximate surface area is 110 Å². The maximum Gasteiger partial charge on any atom is 0.221 e. The van der Waals surface area contributed by atoms with Crippen LogP contribution < -0.4 is 10.6 Å². The highest BCUT2D eigenvalue weighted by molar-refractivity contribution is 5.88. The molecule has 0 aliphatic carbocycles. The van der Waals surface area contributed by atoms with Crippen LogP contribution in [-0.2, 0) is 4.79 Å². The fraction of sp³-hybridized carbons (Fsp3) is 0.0714. The molecule has 1 heterocycles. The Morgan fingerprint density at radius 2 is 1.89 bits per heavy atom. The lowest BCUT2D eigenvalue weighted by Gasteiger charge is -2.08. The van der Waals surface area contributed by atoms with Crippen LogP contribution >= 0.6 is 0 Å². The van der Waals surface area contributed by atoms with Crippen LogP contribution in [0.1, 0.15) is 12.5 Å². The zero-order valence-electron chi connectivity index (χ0n) is 10.3. The van der Waals surface area contributed by atoms with Gasteiger partial charge in [-0.3, -0.25) is 4.79 Å². The van der Waals surface area contributed by atoms with Crippen molar-refractivity contribution < 1.29 is 4.79 Å². The third-order valence-corrected chi connectivity index (χ3v) is 2.40. The first-order valence-corrected chi connectivity index (χ1v) is 5.69. The van der Waals surface area contributed by atoms with Gasteiger partial charge in [0.15, 0.2) is 0 Å². The summed E-state index contributed by atoms with van der Waals surface area (Å²) in [5, 5.41) is 14.7. The highest BCUT2D eigenvalue weighted by Gasteiger charge is 2.02. The monoisotopic (exact) mass is 252 g/mol. The number of hydrogen-bond acceptors (Lipinski definition) is 4. The average Bonchev–Trinajstić information content (AvgIpc) is 2.41. The molecule has 0 saturated heterocycles. The number of carbonyl (C=O) groups is 1. The summed E-state index contributed by atoms with van der Waals surface area (Å²) in [5.41, 5.74) is 2.00. The van der Waals surface area contributed by atoms with E-state index in [-0.39, 0.29) is 5.91 Å². The van der Waals surface area contributed by atoms with Crippen LogP contribution in [0, 0.1) is 11.3 Å². The van der Waals surface area contributed by atoms with Gasteiger partial charge in [-0.1, -0.05) is 0 Å². The van der Waals surface area contributed by atoms with Crippen LogP contribution in [0.4, 0.5) is 17.2 Å². The second-order valence-electron chi connectivity index (χ2n) is 3.89. The fourth-order valence-electron chi connectivity index (χ4n) is 1.57. The van der Waals surface area contributed by atoms with Gasteiger partial charge in [0.1, 0.15) is 11.9 Å². The van der Waals surface area contributed by atoms with E-state index in [1.54, 1.807) is 42.6 Å². The molecule has 0 saturated carbocycles. The minimum atomic E-state index is -0.114. The van der Waals surface area contributed by atoms with Crippen molar-refractivity contribution in [2.45, 2.75) is 6.92 Å². The molecule has 1 aromatic heterocycles. The largest absolute Gasteiger partial charge is 0.339 e. The van der Waals surface area contributed by atoms with Crippen molar-refractivity contribution in [3.05, 3.63) is 48.2 Å². The highest BCUT2D eigenvalue weighted by atomic mass is 16.1. The van der Waals surface area contributed by atoms with Crippen LogP contribution in [-0.4, -0.2) is 10.9 Å². The van der Waals surface area contributed by atoms with Crippen molar-refractivity contribution in [1.29, 1.82) is 5.26 Å². The number of nitriles is 1. The van der Waals surface area contributed by atoms with Crippen molar-refractivity contribution in [2.24, 2.45) is 0 Å². The van der Waals surface area contributed by atoms with Gasteiger partial charge in [-0.2, -0.15) is 5.26 Å². The van der Waals surface area contributed by atoms with E-state index in [2.05, 4.69) is 21.7 Å². The topological polar surface area (TPSA) is 77.8 Å². The molecule has 2 aromatic rings. The Morgan fingerprint density at radius 1 is 1.21 bits per heavy atom. The Hall–Kier alpha value is -2.87. The second-order valence-corrected chi connectivity index (χ2v) is 3.89. The van der Waals surface area contributed by atoms with E-state index < -0.39 is 0 Å². The summed E-state index contributed by atoms with van der Waals surface area (Å²) >= 11 is 0. The molecule has 5 nitrogen and oxygen atoms in total. The number of hydrogen-bond donors (Lipinski definition) is 2. The third-order valence-electron chi connectivity index (χ3n) is 2.40. The van der Waals surface area contributed by atoms with E-state index in [0.29, 0.717) is 11.4 Å². The molecular weight excluding hydrogens is 240 g/mol. The molecule has 0 fully saturated rings. The molecule has 19 heavy (non-hydrogen) atoms. The van der Waals surface area contributed by atoms with Gasteiger partial charge in [-0.05, 0) is 36.4 Å². The summed E-state index contributed by atoms with van der Waals surface area (Å²) < 4.78 is 0. The lowest BCUT2D eigenvalue weighted by Crippen LogP contribution is -2.05. The summed E-state index contributed by atoms with van der Waals surface area (Å²) in [6, 6.07) is 12.6. The van der Waals surface area contributed by atoms with Gasteiger partial charge in [0.2, 0.25) is 5.91 Å². The Balaban J connectivity index is 2.16. The summed E-state index contributed by atoms with van der Waals surface area (Å²) in [6.07, 6.45) is 1.62. The van der Waals surface area contributed by atoms with Crippen LogP contribution in [0.25, 0.3) is 0 Å². The number of pyridine rings is 1. The SMILES string of the molecule is CC(=O)Nc1ccc(Nc2ncccc2C#N)cc1. The summed E-state index contributed by atoms with van der Waals surface area (Å²) in [7, 11) is 0. The first kappa shape index (κ1) is 12.6. The normalized spacial score (nSPS) is 9.47. The van der Waals surface area contributed by atoms with Crippen LogP contribution in [0.15, 0.2) is 42.6 Å². The molecule has 2 rings (SSSR count). The lowest BCUT2D eigenvalue weighted by molar-refractivity contribution is -0.114. The highest BCUT2D eigenvalue weighted by Crippen LogP contribution is 2.19. The molecule has 0 spiro atoms. The van der Waals surface area contributed by atoms with Gasteiger partial charge < -0.3 is 10.6 Å². The minimum Gasteiger partial charge on any atom is -0.339 e. The van der Waals surface area contributed by atoms with Crippen molar-refractivity contribution in [3.63, 3.8) is 0 Å². The average molecular weight is 252 g/mol. The number of benzene rings is 1. The number of rotatable bonds is 3. The van der Waals surface area contributed by atoms with Gasteiger partial charge >= 0.3 is 0 Å². The molecule has 2 N–H and O–H groups in total. The third kappa shape index (κ3) is 3.30. The predicted molar refractivity (Wildman–Crippen MR) is 73.0 cm³/mol. The number of nitrogens with zero attached hydrogens (tertiary/aromatic N) is 2. The van der Waals surface area contributed by atoms with Crippen molar-refractivity contribution in [3.8, 4) is 6.07 Å². The van der Waals surface area contributed by atoms with Crippen molar-refractivity contribution in [2.75, 3.05) is 10.6 Å². The molecule has 0 aliphatic heterocycles.